The molecule has 0 saturated heterocycles. The lowest BCUT2D eigenvalue weighted by atomic mass is 10.0. The van der Waals surface area contributed by atoms with Crippen molar-refractivity contribution in [1.29, 1.82) is 0 Å². The SMILES string of the molecule is CC(=O)N1CCCCCc2ccccc21. The van der Waals surface area contributed by atoms with E-state index >= 15 is 0 Å². The quantitative estimate of drug-likeness (QED) is 0.635. The number of benzene rings is 1. The topological polar surface area (TPSA) is 20.3 Å². The smallest absolute Gasteiger partial charge is 0.223 e. The molecule has 1 amide bonds. The van der Waals surface area contributed by atoms with Crippen LogP contribution in [0.2, 0.25) is 0 Å². The molecule has 0 bridgehead atoms. The number of amides is 1. The van der Waals surface area contributed by atoms with Crippen LogP contribution in [-0.2, 0) is 11.2 Å². The largest absolute Gasteiger partial charge is 0.312 e. The minimum absolute atomic E-state index is 0.157. The number of nitrogens with zero attached hydrogens (tertiary/aromatic N) is 1. The molecule has 1 aromatic rings. The summed E-state index contributed by atoms with van der Waals surface area (Å²) in [6.45, 7) is 2.52. The molecule has 0 saturated carbocycles. The highest BCUT2D eigenvalue weighted by Gasteiger charge is 2.16. The number of anilines is 1. The van der Waals surface area contributed by atoms with Gasteiger partial charge in [-0.25, -0.2) is 0 Å². The summed E-state index contributed by atoms with van der Waals surface area (Å²) in [6.07, 6.45) is 4.68. The zero-order chi connectivity index (χ0) is 10.7. The monoisotopic (exact) mass is 203 g/mol. The van der Waals surface area contributed by atoms with E-state index in [2.05, 4.69) is 18.2 Å². The van der Waals surface area contributed by atoms with Crippen LogP contribution in [0.4, 0.5) is 5.69 Å². The predicted octanol–water partition coefficient (Wildman–Crippen LogP) is 2.77. The fourth-order valence-electron chi connectivity index (χ4n) is 2.20. The van der Waals surface area contributed by atoms with E-state index in [0.717, 1.165) is 25.1 Å². The van der Waals surface area contributed by atoms with E-state index < -0.39 is 0 Å². The van der Waals surface area contributed by atoms with Gasteiger partial charge in [0.2, 0.25) is 5.91 Å². The second-order valence-electron chi connectivity index (χ2n) is 4.11. The predicted molar refractivity (Wildman–Crippen MR) is 62.0 cm³/mol. The average Bonchev–Trinajstić information content (AvgIpc) is 2.18. The van der Waals surface area contributed by atoms with Crippen molar-refractivity contribution in [3.05, 3.63) is 29.8 Å². The number of hydrogen-bond acceptors (Lipinski definition) is 1. The summed E-state index contributed by atoms with van der Waals surface area (Å²) >= 11 is 0. The zero-order valence-corrected chi connectivity index (χ0v) is 9.20. The third kappa shape index (κ3) is 2.20. The lowest BCUT2D eigenvalue weighted by Gasteiger charge is -2.26. The van der Waals surface area contributed by atoms with Gasteiger partial charge >= 0.3 is 0 Å². The van der Waals surface area contributed by atoms with Crippen LogP contribution in [0.15, 0.2) is 24.3 Å². The molecule has 0 unspecified atom stereocenters. The minimum Gasteiger partial charge on any atom is -0.312 e. The van der Waals surface area contributed by atoms with E-state index in [4.69, 9.17) is 0 Å². The van der Waals surface area contributed by atoms with E-state index in [9.17, 15) is 4.79 Å². The van der Waals surface area contributed by atoms with Gasteiger partial charge in [0.1, 0.15) is 0 Å². The second kappa shape index (κ2) is 4.47. The first-order valence-electron chi connectivity index (χ1n) is 5.65. The summed E-state index contributed by atoms with van der Waals surface area (Å²) in [4.78, 5) is 13.5. The van der Waals surface area contributed by atoms with Gasteiger partial charge in [-0.1, -0.05) is 24.6 Å². The molecule has 0 aromatic heterocycles. The Bertz CT molecular complexity index is 359. The highest BCUT2D eigenvalue weighted by Crippen LogP contribution is 2.25. The Morgan fingerprint density at radius 1 is 1.20 bits per heavy atom. The fourth-order valence-corrected chi connectivity index (χ4v) is 2.20. The summed E-state index contributed by atoms with van der Waals surface area (Å²) in [7, 11) is 0. The number of aryl methyl sites for hydroxylation is 1. The Morgan fingerprint density at radius 3 is 2.80 bits per heavy atom. The molecule has 2 heteroatoms. The third-order valence-electron chi connectivity index (χ3n) is 2.99. The van der Waals surface area contributed by atoms with Gasteiger partial charge in [-0.05, 0) is 30.9 Å². The van der Waals surface area contributed by atoms with Crippen LogP contribution in [0.5, 0.6) is 0 Å². The molecule has 1 aliphatic rings. The molecule has 0 N–H and O–H groups in total. The molecule has 2 rings (SSSR count). The normalized spacial score (nSPS) is 16.5. The van der Waals surface area contributed by atoms with Crippen LogP contribution in [-0.4, -0.2) is 12.5 Å². The number of carbonyl (C=O) groups is 1. The maximum atomic E-state index is 11.6. The lowest BCUT2D eigenvalue weighted by Crippen LogP contribution is -2.31. The number of carbonyl (C=O) groups excluding carboxylic acids is 1. The van der Waals surface area contributed by atoms with E-state index in [1.165, 1.54) is 18.4 Å². The fraction of sp³-hybridized carbons (Fsp3) is 0.462. The molecule has 2 nitrogen and oxygen atoms in total. The van der Waals surface area contributed by atoms with Crippen molar-refractivity contribution < 1.29 is 4.79 Å². The van der Waals surface area contributed by atoms with Crippen LogP contribution in [0, 0.1) is 0 Å². The van der Waals surface area contributed by atoms with Crippen LogP contribution in [0.3, 0.4) is 0 Å². The summed E-state index contributed by atoms with van der Waals surface area (Å²) in [5.74, 6) is 0.157. The van der Waals surface area contributed by atoms with Crippen LogP contribution >= 0.6 is 0 Å². The molecule has 1 aromatic carbocycles. The maximum absolute atomic E-state index is 11.6. The third-order valence-corrected chi connectivity index (χ3v) is 2.99. The molecule has 0 spiro atoms. The summed E-state index contributed by atoms with van der Waals surface area (Å²) in [5.41, 5.74) is 2.43. The van der Waals surface area contributed by atoms with Gasteiger partial charge in [0.15, 0.2) is 0 Å². The van der Waals surface area contributed by atoms with E-state index in [0.29, 0.717) is 0 Å². The van der Waals surface area contributed by atoms with Crippen LogP contribution in [0.25, 0.3) is 0 Å². The number of fused-ring (bicyclic) bond motifs is 1. The minimum atomic E-state index is 0.157. The molecule has 0 atom stereocenters. The second-order valence-corrected chi connectivity index (χ2v) is 4.11. The van der Waals surface area contributed by atoms with Crippen molar-refractivity contribution >= 4 is 11.6 Å². The first kappa shape index (κ1) is 10.2. The maximum Gasteiger partial charge on any atom is 0.223 e. The first-order valence-corrected chi connectivity index (χ1v) is 5.65. The molecule has 1 heterocycles. The van der Waals surface area contributed by atoms with Crippen molar-refractivity contribution in [2.45, 2.75) is 32.6 Å². The van der Waals surface area contributed by atoms with Crippen LogP contribution < -0.4 is 4.90 Å². The summed E-state index contributed by atoms with van der Waals surface area (Å²) < 4.78 is 0. The van der Waals surface area contributed by atoms with E-state index in [1.807, 2.05) is 11.0 Å². The van der Waals surface area contributed by atoms with Gasteiger partial charge in [-0.2, -0.15) is 0 Å². The molecule has 0 aliphatic carbocycles. The molecular weight excluding hydrogens is 186 g/mol. The Kier molecular flexibility index (Phi) is 3.05. The van der Waals surface area contributed by atoms with Gasteiger partial charge in [0, 0.05) is 19.2 Å². The summed E-state index contributed by atoms with van der Waals surface area (Å²) in [5, 5.41) is 0. The molecular formula is C13H17NO. The Balaban J connectivity index is 2.38. The van der Waals surface area contributed by atoms with Crippen molar-refractivity contribution in [2.75, 3.05) is 11.4 Å². The van der Waals surface area contributed by atoms with Gasteiger partial charge in [0.25, 0.3) is 0 Å². The molecule has 0 fully saturated rings. The average molecular weight is 203 g/mol. The van der Waals surface area contributed by atoms with Crippen molar-refractivity contribution in [1.82, 2.24) is 0 Å². The number of rotatable bonds is 0. The highest BCUT2D eigenvalue weighted by atomic mass is 16.2. The Hall–Kier alpha value is -1.31. The lowest BCUT2D eigenvalue weighted by molar-refractivity contribution is -0.116. The van der Waals surface area contributed by atoms with E-state index in [1.54, 1.807) is 6.92 Å². The Morgan fingerprint density at radius 2 is 2.00 bits per heavy atom. The molecule has 80 valence electrons. The van der Waals surface area contributed by atoms with Crippen molar-refractivity contribution in [2.24, 2.45) is 0 Å². The highest BCUT2D eigenvalue weighted by molar-refractivity contribution is 5.92. The molecule has 0 radical (unpaired) electrons. The number of para-hydroxylation sites is 1. The molecule has 15 heavy (non-hydrogen) atoms. The zero-order valence-electron chi connectivity index (χ0n) is 9.20. The standard InChI is InChI=1S/C13H17NO/c1-11(15)14-10-6-2-3-7-12-8-4-5-9-13(12)14/h4-5,8-9H,2-3,6-7,10H2,1H3. The number of hydrogen-bond donors (Lipinski definition) is 0. The van der Waals surface area contributed by atoms with Gasteiger partial charge < -0.3 is 4.90 Å². The van der Waals surface area contributed by atoms with Crippen molar-refractivity contribution in [3.8, 4) is 0 Å². The van der Waals surface area contributed by atoms with Crippen LogP contribution in [0.1, 0.15) is 31.7 Å². The van der Waals surface area contributed by atoms with Crippen molar-refractivity contribution in [3.63, 3.8) is 0 Å². The van der Waals surface area contributed by atoms with Gasteiger partial charge in [0.05, 0.1) is 0 Å². The van der Waals surface area contributed by atoms with Gasteiger partial charge in [-0.3, -0.25) is 4.79 Å². The summed E-state index contributed by atoms with van der Waals surface area (Å²) in [6, 6.07) is 8.26. The van der Waals surface area contributed by atoms with E-state index in [-0.39, 0.29) is 5.91 Å². The first-order chi connectivity index (χ1) is 7.29. The Labute approximate surface area is 90.9 Å². The van der Waals surface area contributed by atoms with Gasteiger partial charge in [-0.15, -0.1) is 0 Å². The molecule has 1 aliphatic heterocycles.